The second kappa shape index (κ2) is 7.46. The van der Waals surface area contributed by atoms with Crippen molar-refractivity contribution in [1.82, 2.24) is 0 Å². The van der Waals surface area contributed by atoms with E-state index >= 15 is 0 Å². The van der Waals surface area contributed by atoms with Gasteiger partial charge in [-0.05, 0) is 49.4 Å². The summed E-state index contributed by atoms with van der Waals surface area (Å²) in [6, 6.07) is 8.01. The highest BCUT2D eigenvalue weighted by Crippen LogP contribution is 2.29. The van der Waals surface area contributed by atoms with Crippen molar-refractivity contribution < 1.29 is 4.74 Å². The average Bonchev–Trinajstić information content (AvgIpc) is 2.47. The van der Waals surface area contributed by atoms with E-state index < -0.39 is 0 Å². The molecule has 0 bridgehead atoms. The van der Waals surface area contributed by atoms with E-state index in [9.17, 15) is 0 Å². The molecule has 1 aliphatic rings. The van der Waals surface area contributed by atoms with Crippen molar-refractivity contribution >= 4 is 11.6 Å². The lowest BCUT2D eigenvalue weighted by atomic mass is 9.85. The first-order chi connectivity index (χ1) is 9.31. The van der Waals surface area contributed by atoms with E-state index in [1.54, 1.807) is 0 Å². The van der Waals surface area contributed by atoms with Crippen molar-refractivity contribution in [3.8, 4) is 17.6 Å². The van der Waals surface area contributed by atoms with Crippen LogP contribution in [0.5, 0.6) is 5.75 Å². The van der Waals surface area contributed by atoms with Gasteiger partial charge in [-0.3, -0.25) is 0 Å². The molecule has 19 heavy (non-hydrogen) atoms. The minimum absolute atomic E-state index is 0.374. The Morgan fingerprint density at radius 1 is 1.26 bits per heavy atom. The van der Waals surface area contributed by atoms with Crippen LogP contribution in [-0.2, 0) is 0 Å². The van der Waals surface area contributed by atoms with Crippen LogP contribution in [0.15, 0.2) is 24.3 Å². The van der Waals surface area contributed by atoms with Crippen molar-refractivity contribution in [3.63, 3.8) is 0 Å². The van der Waals surface area contributed by atoms with Crippen LogP contribution in [0.25, 0.3) is 0 Å². The SMILES string of the molecule is CCC1CCCC(Oc2ccc(C#CCCl)cc2)C1. The van der Waals surface area contributed by atoms with Gasteiger partial charge in [0.2, 0.25) is 0 Å². The molecule has 2 heteroatoms. The molecule has 1 aromatic carbocycles. The second-order valence-electron chi connectivity index (χ2n) is 5.14. The average molecular weight is 277 g/mol. The molecule has 0 aromatic heterocycles. The van der Waals surface area contributed by atoms with Crippen LogP contribution in [-0.4, -0.2) is 12.0 Å². The molecule has 2 atom stereocenters. The summed E-state index contributed by atoms with van der Waals surface area (Å²) in [5, 5.41) is 0. The van der Waals surface area contributed by atoms with Crippen molar-refractivity contribution in [3.05, 3.63) is 29.8 Å². The topological polar surface area (TPSA) is 9.23 Å². The molecule has 1 nitrogen and oxygen atoms in total. The van der Waals surface area contributed by atoms with Gasteiger partial charge in [0.05, 0.1) is 12.0 Å². The number of hydrogen-bond acceptors (Lipinski definition) is 1. The molecule has 0 spiro atoms. The maximum Gasteiger partial charge on any atom is 0.119 e. The van der Waals surface area contributed by atoms with E-state index in [0.29, 0.717) is 12.0 Å². The summed E-state index contributed by atoms with van der Waals surface area (Å²) in [5.41, 5.74) is 0.989. The molecule has 0 amide bonds. The van der Waals surface area contributed by atoms with Crippen LogP contribution < -0.4 is 4.74 Å². The quantitative estimate of drug-likeness (QED) is 0.578. The van der Waals surface area contributed by atoms with Gasteiger partial charge in [0.25, 0.3) is 0 Å². The van der Waals surface area contributed by atoms with E-state index in [4.69, 9.17) is 16.3 Å². The van der Waals surface area contributed by atoms with Crippen molar-refractivity contribution in [2.75, 3.05) is 5.88 Å². The monoisotopic (exact) mass is 276 g/mol. The molecule has 0 saturated heterocycles. The van der Waals surface area contributed by atoms with Gasteiger partial charge in [0, 0.05) is 5.56 Å². The highest BCUT2D eigenvalue weighted by molar-refractivity contribution is 6.19. The van der Waals surface area contributed by atoms with Gasteiger partial charge in [-0.15, -0.1) is 11.6 Å². The molecule has 1 aliphatic carbocycles. The summed E-state index contributed by atoms with van der Waals surface area (Å²) < 4.78 is 6.07. The van der Waals surface area contributed by atoms with Crippen LogP contribution in [0, 0.1) is 17.8 Å². The fourth-order valence-corrected chi connectivity index (χ4v) is 2.73. The third kappa shape index (κ3) is 4.48. The molecule has 1 aromatic rings. The van der Waals surface area contributed by atoms with Crippen LogP contribution >= 0.6 is 11.6 Å². The molecule has 2 unspecified atom stereocenters. The molecular formula is C17H21ClO. The summed E-state index contributed by atoms with van der Waals surface area (Å²) in [7, 11) is 0. The summed E-state index contributed by atoms with van der Waals surface area (Å²) >= 11 is 5.54. The molecule has 1 fully saturated rings. The lowest BCUT2D eigenvalue weighted by Gasteiger charge is -2.28. The van der Waals surface area contributed by atoms with Crippen molar-refractivity contribution in [2.45, 2.75) is 45.1 Å². The molecule has 0 heterocycles. The summed E-state index contributed by atoms with van der Waals surface area (Å²) in [5.74, 6) is 8.03. The Morgan fingerprint density at radius 2 is 2.05 bits per heavy atom. The van der Waals surface area contributed by atoms with Crippen molar-refractivity contribution in [1.29, 1.82) is 0 Å². The molecule has 0 N–H and O–H groups in total. The normalized spacial score (nSPS) is 22.4. The number of rotatable bonds is 3. The lowest BCUT2D eigenvalue weighted by molar-refractivity contribution is 0.122. The number of alkyl halides is 1. The highest BCUT2D eigenvalue weighted by Gasteiger charge is 2.21. The summed E-state index contributed by atoms with van der Waals surface area (Å²) in [6.45, 7) is 2.28. The first kappa shape index (κ1) is 14.3. The van der Waals surface area contributed by atoms with E-state index in [1.807, 2.05) is 24.3 Å². The van der Waals surface area contributed by atoms with Gasteiger partial charge in [0.15, 0.2) is 0 Å². The fourth-order valence-electron chi connectivity index (χ4n) is 2.66. The number of hydrogen-bond donors (Lipinski definition) is 0. The standard InChI is InChI=1S/C17H21ClO/c1-2-14-5-3-7-17(13-14)19-16-10-8-15(9-11-16)6-4-12-18/h8-11,14,17H,2-3,5,7,12-13H2,1H3. The molecule has 0 aliphatic heterocycles. The molecule has 1 saturated carbocycles. The Balaban J connectivity index is 1.92. The van der Waals surface area contributed by atoms with Gasteiger partial charge in [0.1, 0.15) is 5.75 Å². The zero-order chi connectivity index (χ0) is 13.5. The predicted octanol–water partition coefficient (Wildman–Crippen LogP) is 4.62. The highest BCUT2D eigenvalue weighted by atomic mass is 35.5. The van der Waals surface area contributed by atoms with Crippen molar-refractivity contribution in [2.24, 2.45) is 5.92 Å². The van der Waals surface area contributed by atoms with E-state index in [2.05, 4.69) is 18.8 Å². The maximum absolute atomic E-state index is 6.07. The Morgan fingerprint density at radius 3 is 2.74 bits per heavy atom. The first-order valence-corrected chi connectivity index (χ1v) is 7.66. The van der Waals surface area contributed by atoms with Crippen LogP contribution in [0.4, 0.5) is 0 Å². The summed E-state index contributed by atoms with van der Waals surface area (Å²) in [4.78, 5) is 0. The second-order valence-corrected chi connectivity index (χ2v) is 5.41. The Hall–Kier alpha value is -1.13. The van der Waals surface area contributed by atoms with Gasteiger partial charge in [-0.25, -0.2) is 0 Å². The molecule has 0 radical (unpaired) electrons. The van der Waals surface area contributed by atoms with Crippen LogP contribution in [0.3, 0.4) is 0 Å². The van der Waals surface area contributed by atoms with Gasteiger partial charge in [-0.2, -0.15) is 0 Å². The van der Waals surface area contributed by atoms with E-state index in [0.717, 1.165) is 17.2 Å². The zero-order valence-electron chi connectivity index (χ0n) is 11.5. The maximum atomic E-state index is 6.07. The zero-order valence-corrected chi connectivity index (χ0v) is 12.2. The third-order valence-corrected chi connectivity index (χ3v) is 3.90. The fraction of sp³-hybridized carbons (Fsp3) is 0.529. The Labute approximate surface area is 121 Å². The molecular weight excluding hydrogens is 256 g/mol. The predicted molar refractivity (Wildman–Crippen MR) is 80.7 cm³/mol. The summed E-state index contributed by atoms with van der Waals surface area (Å²) in [6.07, 6.45) is 6.70. The third-order valence-electron chi connectivity index (χ3n) is 3.77. The Bertz CT molecular complexity index is 441. The van der Waals surface area contributed by atoms with Gasteiger partial charge >= 0.3 is 0 Å². The number of benzene rings is 1. The first-order valence-electron chi connectivity index (χ1n) is 7.13. The largest absolute Gasteiger partial charge is 0.490 e. The van der Waals surface area contributed by atoms with Crippen LogP contribution in [0.2, 0.25) is 0 Å². The van der Waals surface area contributed by atoms with E-state index in [1.165, 1.54) is 32.1 Å². The van der Waals surface area contributed by atoms with Crippen LogP contribution in [0.1, 0.15) is 44.6 Å². The minimum Gasteiger partial charge on any atom is -0.490 e. The Kier molecular flexibility index (Phi) is 5.61. The minimum atomic E-state index is 0.374. The molecule has 2 rings (SSSR count). The van der Waals surface area contributed by atoms with Gasteiger partial charge < -0.3 is 4.74 Å². The number of ether oxygens (including phenoxy) is 1. The number of halogens is 1. The smallest absolute Gasteiger partial charge is 0.119 e. The molecule has 102 valence electrons. The van der Waals surface area contributed by atoms with Gasteiger partial charge in [-0.1, -0.05) is 31.6 Å². The lowest BCUT2D eigenvalue weighted by Crippen LogP contribution is -2.25. The van der Waals surface area contributed by atoms with E-state index in [-0.39, 0.29) is 0 Å².